The number of benzene rings is 2. The molecule has 2 rings (SSSR count). The van der Waals surface area contributed by atoms with E-state index in [1.165, 1.54) is 0 Å². The number of anilines is 1. The van der Waals surface area contributed by atoms with Gasteiger partial charge in [-0.2, -0.15) is 0 Å². The van der Waals surface area contributed by atoms with Gasteiger partial charge in [-0.3, -0.25) is 4.79 Å². The van der Waals surface area contributed by atoms with Gasteiger partial charge in [-0.25, -0.2) is 0 Å². The van der Waals surface area contributed by atoms with E-state index in [4.69, 9.17) is 16.7 Å². The number of carboxylic acids is 1. The maximum atomic E-state index is 11.1. The van der Waals surface area contributed by atoms with Crippen LogP contribution in [0.15, 0.2) is 46.9 Å². The number of aliphatic carboxylic acids is 1. The maximum Gasteiger partial charge on any atom is 0.323 e. The molecule has 0 saturated carbocycles. The van der Waals surface area contributed by atoms with Crippen molar-refractivity contribution in [3.05, 3.63) is 63.1 Å². The van der Waals surface area contributed by atoms with Gasteiger partial charge in [0.05, 0.1) is 0 Å². The summed E-state index contributed by atoms with van der Waals surface area (Å²) >= 11 is 9.58. The fourth-order valence-corrected chi connectivity index (χ4v) is 2.75. The minimum atomic E-state index is -0.871. The highest BCUT2D eigenvalue weighted by Crippen LogP contribution is 2.25. The lowest BCUT2D eigenvalue weighted by atomic mass is 10.1. The minimum absolute atomic E-state index is 0.0740. The van der Waals surface area contributed by atoms with Crippen LogP contribution < -0.4 is 4.90 Å². The van der Waals surface area contributed by atoms with Gasteiger partial charge in [0, 0.05) is 21.7 Å². The molecule has 0 radical (unpaired) electrons. The van der Waals surface area contributed by atoms with Crippen LogP contribution in [0.1, 0.15) is 11.1 Å². The van der Waals surface area contributed by atoms with E-state index in [1.807, 2.05) is 49.4 Å². The number of halogens is 2. The summed E-state index contributed by atoms with van der Waals surface area (Å²) in [6, 6.07) is 13.4. The predicted molar refractivity (Wildman–Crippen MR) is 89.0 cm³/mol. The van der Waals surface area contributed by atoms with Crippen LogP contribution in [0.5, 0.6) is 0 Å². The number of aryl methyl sites for hydroxylation is 1. The molecule has 0 atom stereocenters. The van der Waals surface area contributed by atoms with Crippen molar-refractivity contribution in [2.24, 2.45) is 0 Å². The SMILES string of the molecule is Cc1ccc(N(CC(=O)O)Cc2ccc(Br)cc2Cl)cc1. The number of carboxylic acid groups (broad SMARTS) is 1. The molecule has 2 aromatic rings. The molecule has 0 unspecified atom stereocenters. The first kappa shape index (κ1) is 15.9. The smallest absolute Gasteiger partial charge is 0.323 e. The number of nitrogens with zero attached hydrogens (tertiary/aromatic N) is 1. The molecule has 21 heavy (non-hydrogen) atoms. The Morgan fingerprint density at radius 2 is 1.90 bits per heavy atom. The molecule has 0 heterocycles. The Kier molecular flexibility index (Phi) is 5.26. The van der Waals surface area contributed by atoms with Gasteiger partial charge in [0.15, 0.2) is 0 Å². The summed E-state index contributed by atoms with van der Waals surface area (Å²) in [4.78, 5) is 12.9. The summed E-state index contributed by atoms with van der Waals surface area (Å²) in [5.41, 5.74) is 2.89. The number of carbonyl (C=O) groups is 1. The van der Waals surface area contributed by atoms with Crippen LogP contribution in [0.4, 0.5) is 5.69 Å². The first-order chi connectivity index (χ1) is 9.95. The topological polar surface area (TPSA) is 40.5 Å². The van der Waals surface area contributed by atoms with E-state index in [2.05, 4.69) is 15.9 Å². The number of hydrogen-bond acceptors (Lipinski definition) is 2. The lowest BCUT2D eigenvalue weighted by Crippen LogP contribution is -2.29. The van der Waals surface area contributed by atoms with Gasteiger partial charge in [-0.05, 0) is 36.8 Å². The van der Waals surface area contributed by atoms with Gasteiger partial charge in [-0.1, -0.05) is 51.3 Å². The zero-order valence-electron chi connectivity index (χ0n) is 11.5. The second-order valence-corrected chi connectivity index (χ2v) is 6.14. The highest BCUT2D eigenvalue weighted by atomic mass is 79.9. The van der Waals surface area contributed by atoms with Gasteiger partial charge in [0.1, 0.15) is 6.54 Å². The molecular formula is C16H15BrClNO2. The van der Waals surface area contributed by atoms with Gasteiger partial charge >= 0.3 is 5.97 Å². The summed E-state index contributed by atoms with van der Waals surface area (Å²) < 4.78 is 0.899. The Labute approximate surface area is 137 Å². The summed E-state index contributed by atoms with van der Waals surface area (Å²) in [6.45, 7) is 2.37. The molecule has 110 valence electrons. The summed E-state index contributed by atoms with van der Waals surface area (Å²) in [5.74, 6) is -0.871. The summed E-state index contributed by atoms with van der Waals surface area (Å²) in [7, 11) is 0. The van der Waals surface area contributed by atoms with Gasteiger partial charge in [0.25, 0.3) is 0 Å². The van der Waals surface area contributed by atoms with E-state index in [1.54, 1.807) is 4.90 Å². The van der Waals surface area contributed by atoms with Crippen LogP contribution in [-0.2, 0) is 11.3 Å². The van der Waals surface area contributed by atoms with Crippen molar-refractivity contribution in [3.8, 4) is 0 Å². The highest BCUT2D eigenvalue weighted by molar-refractivity contribution is 9.10. The van der Waals surface area contributed by atoms with Crippen LogP contribution >= 0.6 is 27.5 Å². The Bertz CT molecular complexity index is 643. The molecule has 0 bridgehead atoms. The van der Waals surface area contributed by atoms with Crippen molar-refractivity contribution in [1.29, 1.82) is 0 Å². The first-order valence-electron chi connectivity index (χ1n) is 6.43. The zero-order valence-corrected chi connectivity index (χ0v) is 13.9. The third kappa shape index (κ3) is 4.48. The molecule has 0 fully saturated rings. The van der Waals surface area contributed by atoms with Crippen molar-refractivity contribution in [2.75, 3.05) is 11.4 Å². The molecule has 0 aromatic heterocycles. The van der Waals surface area contributed by atoms with Crippen molar-refractivity contribution in [1.82, 2.24) is 0 Å². The molecule has 1 N–H and O–H groups in total. The van der Waals surface area contributed by atoms with Crippen molar-refractivity contribution < 1.29 is 9.90 Å². The Hall–Kier alpha value is -1.52. The zero-order chi connectivity index (χ0) is 15.4. The van der Waals surface area contributed by atoms with Gasteiger partial charge < -0.3 is 10.0 Å². The molecule has 0 amide bonds. The molecule has 5 heteroatoms. The molecular weight excluding hydrogens is 354 g/mol. The van der Waals surface area contributed by atoms with Crippen molar-refractivity contribution >= 4 is 39.2 Å². The molecule has 2 aromatic carbocycles. The molecule has 0 spiro atoms. The van der Waals surface area contributed by atoms with E-state index in [0.717, 1.165) is 21.3 Å². The number of hydrogen-bond donors (Lipinski definition) is 1. The van der Waals surface area contributed by atoms with Crippen LogP contribution in [-0.4, -0.2) is 17.6 Å². The van der Waals surface area contributed by atoms with E-state index in [-0.39, 0.29) is 6.54 Å². The van der Waals surface area contributed by atoms with E-state index in [9.17, 15) is 4.79 Å². The third-order valence-corrected chi connectivity index (χ3v) is 3.95. The highest BCUT2D eigenvalue weighted by Gasteiger charge is 2.13. The molecule has 0 saturated heterocycles. The molecule has 3 nitrogen and oxygen atoms in total. The quantitative estimate of drug-likeness (QED) is 0.844. The molecule has 0 aliphatic rings. The average molecular weight is 369 g/mol. The second-order valence-electron chi connectivity index (χ2n) is 4.82. The van der Waals surface area contributed by atoms with Gasteiger partial charge in [0.2, 0.25) is 0 Å². The average Bonchev–Trinajstić information content (AvgIpc) is 2.41. The molecule has 0 aliphatic carbocycles. The Morgan fingerprint density at radius 3 is 2.48 bits per heavy atom. The van der Waals surface area contributed by atoms with Crippen molar-refractivity contribution in [3.63, 3.8) is 0 Å². The molecule has 0 aliphatic heterocycles. The normalized spacial score (nSPS) is 10.4. The largest absolute Gasteiger partial charge is 0.480 e. The minimum Gasteiger partial charge on any atom is -0.480 e. The van der Waals surface area contributed by atoms with Crippen LogP contribution in [0.2, 0.25) is 5.02 Å². The van der Waals surface area contributed by atoms with Crippen LogP contribution in [0.3, 0.4) is 0 Å². The number of rotatable bonds is 5. The van der Waals surface area contributed by atoms with Crippen LogP contribution in [0.25, 0.3) is 0 Å². The first-order valence-corrected chi connectivity index (χ1v) is 7.60. The second kappa shape index (κ2) is 6.96. The van der Waals surface area contributed by atoms with E-state index < -0.39 is 5.97 Å². The summed E-state index contributed by atoms with van der Waals surface area (Å²) in [6.07, 6.45) is 0. The standard InChI is InChI=1S/C16H15BrClNO2/c1-11-2-6-14(7-3-11)19(10-16(20)21)9-12-4-5-13(17)8-15(12)18/h2-8H,9-10H2,1H3,(H,20,21). The lowest BCUT2D eigenvalue weighted by molar-refractivity contribution is -0.135. The fourth-order valence-electron chi connectivity index (χ4n) is 2.01. The maximum absolute atomic E-state index is 11.1. The van der Waals surface area contributed by atoms with Crippen LogP contribution in [0, 0.1) is 6.92 Å². The fraction of sp³-hybridized carbons (Fsp3) is 0.188. The van der Waals surface area contributed by atoms with E-state index in [0.29, 0.717) is 11.6 Å². The Morgan fingerprint density at radius 1 is 1.24 bits per heavy atom. The predicted octanol–water partition coefficient (Wildman–Crippen LogP) is 4.50. The van der Waals surface area contributed by atoms with Gasteiger partial charge in [-0.15, -0.1) is 0 Å². The third-order valence-electron chi connectivity index (χ3n) is 3.10. The summed E-state index contributed by atoms with van der Waals surface area (Å²) in [5, 5.41) is 9.73. The Balaban J connectivity index is 2.27. The lowest BCUT2D eigenvalue weighted by Gasteiger charge is -2.23. The monoisotopic (exact) mass is 367 g/mol. The van der Waals surface area contributed by atoms with E-state index >= 15 is 0 Å². The van der Waals surface area contributed by atoms with Crippen molar-refractivity contribution in [2.45, 2.75) is 13.5 Å².